The van der Waals surface area contributed by atoms with E-state index >= 15 is 0 Å². The van der Waals surface area contributed by atoms with Crippen molar-refractivity contribution in [3.63, 3.8) is 0 Å². The molecule has 8 heteroatoms. The lowest BCUT2D eigenvalue weighted by atomic mass is 10.2. The van der Waals surface area contributed by atoms with E-state index in [4.69, 9.17) is 0 Å². The minimum Gasteiger partial charge on any atom is -0.354 e. The molecule has 3 heterocycles. The second kappa shape index (κ2) is 9.36. The first-order valence-corrected chi connectivity index (χ1v) is 9.53. The Morgan fingerprint density at radius 1 is 1.11 bits per heavy atom. The van der Waals surface area contributed by atoms with E-state index < -0.39 is 0 Å². The van der Waals surface area contributed by atoms with Crippen molar-refractivity contribution in [2.24, 2.45) is 12.0 Å². The lowest BCUT2D eigenvalue weighted by Crippen LogP contribution is -2.46. The molecular weight excluding hydrogens is 340 g/mol. The fourth-order valence-electron chi connectivity index (χ4n) is 3.16. The second-order valence-electron chi connectivity index (χ2n) is 6.67. The maximum atomic E-state index is 4.65. The summed E-state index contributed by atoms with van der Waals surface area (Å²) in [6, 6.07) is 6.24. The smallest absolute Gasteiger partial charge is 0.191 e. The molecule has 0 atom stereocenters. The normalized spacial score (nSPS) is 15.8. The lowest BCUT2D eigenvalue weighted by Gasteiger charge is -2.34. The predicted molar refractivity (Wildman–Crippen MR) is 109 cm³/mol. The van der Waals surface area contributed by atoms with Crippen LogP contribution < -0.4 is 15.5 Å². The quantitative estimate of drug-likeness (QED) is 0.579. The summed E-state index contributed by atoms with van der Waals surface area (Å²) in [5.41, 5.74) is 2.24. The molecule has 2 aromatic heterocycles. The van der Waals surface area contributed by atoms with Crippen molar-refractivity contribution in [3.05, 3.63) is 41.9 Å². The average molecular weight is 371 g/mol. The minimum absolute atomic E-state index is 0.678. The van der Waals surface area contributed by atoms with E-state index in [0.717, 1.165) is 55.8 Å². The zero-order valence-corrected chi connectivity index (χ0v) is 16.5. The third-order valence-electron chi connectivity index (χ3n) is 5.00. The second-order valence-corrected chi connectivity index (χ2v) is 6.67. The average Bonchev–Trinajstić information content (AvgIpc) is 3.13. The molecule has 146 valence electrons. The number of piperazine rings is 1. The van der Waals surface area contributed by atoms with Gasteiger partial charge in [-0.2, -0.15) is 5.10 Å². The molecule has 1 aliphatic heterocycles. The summed E-state index contributed by atoms with van der Waals surface area (Å²) in [6.45, 7) is 9.02. The predicted octanol–water partition coefficient (Wildman–Crippen LogP) is 0.822. The van der Waals surface area contributed by atoms with Gasteiger partial charge >= 0.3 is 0 Å². The van der Waals surface area contributed by atoms with E-state index in [9.17, 15) is 0 Å². The van der Waals surface area contributed by atoms with Crippen LogP contribution in [0.25, 0.3) is 0 Å². The van der Waals surface area contributed by atoms with E-state index in [0.29, 0.717) is 13.1 Å². The first-order valence-electron chi connectivity index (χ1n) is 9.53. The number of nitrogens with zero attached hydrogens (tertiary/aromatic N) is 6. The van der Waals surface area contributed by atoms with Crippen molar-refractivity contribution in [1.82, 2.24) is 30.3 Å². The molecule has 0 bridgehead atoms. The fourth-order valence-corrected chi connectivity index (χ4v) is 3.16. The number of aliphatic imine (C=N–C) groups is 1. The number of hydrogen-bond acceptors (Lipinski definition) is 5. The first-order chi connectivity index (χ1) is 13.2. The highest BCUT2D eigenvalue weighted by Crippen LogP contribution is 2.14. The third kappa shape index (κ3) is 5.19. The summed E-state index contributed by atoms with van der Waals surface area (Å²) >= 11 is 0. The zero-order valence-electron chi connectivity index (χ0n) is 16.5. The molecule has 1 saturated heterocycles. The highest BCUT2D eigenvalue weighted by atomic mass is 15.3. The summed E-state index contributed by atoms with van der Waals surface area (Å²) in [6.07, 6.45) is 3.74. The Morgan fingerprint density at radius 2 is 1.89 bits per heavy atom. The van der Waals surface area contributed by atoms with E-state index in [2.05, 4.69) is 54.6 Å². The van der Waals surface area contributed by atoms with E-state index in [1.165, 1.54) is 0 Å². The van der Waals surface area contributed by atoms with Crippen LogP contribution in [0.3, 0.4) is 0 Å². The lowest BCUT2D eigenvalue weighted by molar-refractivity contribution is 0.270. The van der Waals surface area contributed by atoms with E-state index in [1.54, 1.807) is 13.2 Å². The van der Waals surface area contributed by atoms with Crippen molar-refractivity contribution in [2.45, 2.75) is 20.0 Å². The van der Waals surface area contributed by atoms with Gasteiger partial charge in [0.2, 0.25) is 0 Å². The van der Waals surface area contributed by atoms with Gasteiger partial charge in [-0.05, 0) is 24.2 Å². The highest BCUT2D eigenvalue weighted by molar-refractivity contribution is 5.79. The van der Waals surface area contributed by atoms with Crippen LogP contribution in [0.4, 0.5) is 5.82 Å². The topological polar surface area (TPSA) is 73.6 Å². The molecule has 0 unspecified atom stereocenters. The number of likely N-dealkylation sites (N-methyl/N-ethyl adjacent to an activating group) is 1. The number of rotatable bonds is 6. The molecular formula is C19H30N8. The highest BCUT2D eigenvalue weighted by Gasteiger charge is 2.16. The number of guanidine groups is 1. The molecule has 1 aliphatic rings. The number of aryl methyl sites for hydroxylation is 1. The van der Waals surface area contributed by atoms with Gasteiger partial charge in [0, 0.05) is 59.2 Å². The third-order valence-corrected chi connectivity index (χ3v) is 5.00. The maximum absolute atomic E-state index is 4.65. The Balaban J connectivity index is 1.47. The largest absolute Gasteiger partial charge is 0.354 e. The number of nitrogens with one attached hydrogen (secondary N) is 2. The van der Waals surface area contributed by atoms with E-state index in [-0.39, 0.29) is 0 Å². The number of aromatic nitrogens is 3. The molecule has 2 N–H and O–H groups in total. The molecule has 1 fully saturated rings. The maximum Gasteiger partial charge on any atom is 0.191 e. The molecule has 2 aromatic rings. The summed E-state index contributed by atoms with van der Waals surface area (Å²) in [4.78, 5) is 13.8. The molecule has 0 radical (unpaired) electrons. The van der Waals surface area contributed by atoms with Gasteiger partial charge in [-0.25, -0.2) is 4.98 Å². The van der Waals surface area contributed by atoms with Gasteiger partial charge in [-0.3, -0.25) is 9.67 Å². The Kier molecular flexibility index (Phi) is 6.64. The van der Waals surface area contributed by atoms with Crippen LogP contribution in [0.15, 0.2) is 35.6 Å². The van der Waals surface area contributed by atoms with Crippen molar-refractivity contribution >= 4 is 11.8 Å². The Morgan fingerprint density at radius 3 is 2.48 bits per heavy atom. The van der Waals surface area contributed by atoms with E-state index in [1.807, 2.05) is 24.0 Å². The van der Waals surface area contributed by atoms with Gasteiger partial charge < -0.3 is 20.4 Å². The molecule has 3 rings (SSSR count). The van der Waals surface area contributed by atoms with Crippen LogP contribution in [0.2, 0.25) is 0 Å². The van der Waals surface area contributed by atoms with Gasteiger partial charge in [-0.15, -0.1) is 0 Å². The number of pyridine rings is 1. The molecule has 0 spiro atoms. The first kappa shape index (κ1) is 19.2. The van der Waals surface area contributed by atoms with Crippen molar-refractivity contribution < 1.29 is 0 Å². The van der Waals surface area contributed by atoms with Crippen LogP contribution in [-0.2, 0) is 20.1 Å². The van der Waals surface area contributed by atoms with Crippen LogP contribution in [0.1, 0.15) is 18.2 Å². The van der Waals surface area contributed by atoms with Gasteiger partial charge in [0.05, 0.1) is 12.2 Å². The SMILES string of the molecule is CCN1CCN(c2ccc(CNC(=NC)NCc3ccnn3C)cn2)CC1. The molecule has 0 aromatic carbocycles. The van der Waals surface area contributed by atoms with Crippen LogP contribution in [0, 0.1) is 0 Å². The summed E-state index contributed by atoms with van der Waals surface area (Å²) < 4.78 is 1.85. The summed E-state index contributed by atoms with van der Waals surface area (Å²) in [5, 5.41) is 10.8. The van der Waals surface area contributed by atoms with Gasteiger partial charge in [0.1, 0.15) is 5.82 Å². The minimum atomic E-state index is 0.678. The standard InChI is InChI=1S/C19H30N8/c1-4-26-9-11-27(12-10-26)18-6-5-16(13-21-18)14-22-19(20-2)23-15-17-7-8-24-25(17)3/h5-8,13H,4,9-12,14-15H2,1-3H3,(H2,20,22,23). The Hall–Kier alpha value is -2.61. The summed E-state index contributed by atoms with van der Waals surface area (Å²) in [5.74, 6) is 1.82. The Bertz CT molecular complexity index is 728. The van der Waals surface area contributed by atoms with Crippen molar-refractivity contribution in [2.75, 3.05) is 44.7 Å². The fraction of sp³-hybridized carbons (Fsp3) is 0.526. The van der Waals surface area contributed by atoms with Crippen LogP contribution in [0.5, 0.6) is 0 Å². The molecule has 0 amide bonds. The molecule has 0 saturated carbocycles. The molecule has 27 heavy (non-hydrogen) atoms. The van der Waals surface area contributed by atoms with Crippen LogP contribution in [-0.4, -0.2) is 65.4 Å². The van der Waals surface area contributed by atoms with Gasteiger partial charge in [0.15, 0.2) is 5.96 Å². The number of hydrogen-bond donors (Lipinski definition) is 2. The van der Waals surface area contributed by atoms with Gasteiger partial charge in [-0.1, -0.05) is 13.0 Å². The van der Waals surface area contributed by atoms with Crippen molar-refractivity contribution in [1.29, 1.82) is 0 Å². The Labute approximate surface area is 161 Å². The molecule has 8 nitrogen and oxygen atoms in total. The van der Waals surface area contributed by atoms with Crippen LogP contribution >= 0.6 is 0 Å². The monoisotopic (exact) mass is 370 g/mol. The number of anilines is 1. The van der Waals surface area contributed by atoms with Gasteiger partial charge in [0.25, 0.3) is 0 Å². The summed E-state index contributed by atoms with van der Waals surface area (Å²) in [7, 11) is 3.71. The van der Waals surface area contributed by atoms with Crippen molar-refractivity contribution in [3.8, 4) is 0 Å². The molecule has 0 aliphatic carbocycles. The zero-order chi connectivity index (χ0) is 19.1.